The van der Waals surface area contributed by atoms with Crippen LogP contribution in [-0.2, 0) is 9.22 Å². The standard InChI is InChI=1S/C21H28O2Si/c1-20(2,3)24(6,7)23-19-13-16-9-8-10-18(22)15-21(4,5)12-11-17(16)14-19/h9,14,19H,13,15H2,1-7H3/b16-9-. The van der Waals surface area contributed by atoms with E-state index in [1.54, 1.807) is 0 Å². The van der Waals surface area contributed by atoms with Gasteiger partial charge in [-0.15, -0.1) is 0 Å². The van der Waals surface area contributed by atoms with Crippen LogP contribution in [0, 0.1) is 29.1 Å². The smallest absolute Gasteiger partial charge is 0.207 e. The number of allylic oxidation sites excluding steroid dienone is 2. The lowest BCUT2D eigenvalue weighted by Crippen LogP contribution is -2.43. The number of rotatable bonds is 2. The Bertz CT molecular complexity index is 722. The summed E-state index contributed by atoms with van der Waals surface area (Å²) >= 11 is 0. The van der Waals surface area contributed by atoms with Crippen molar-refractivity contribution in [1.82, 2.24) is 0 Å². The highest BCUT2D eigenvalue weighted by Gasteiger charge is 2.40. The zero-order valence-corrected chi connectivity index (χ0v) is 17.0. The summed E-state index contributed by atoms with van der Waals surface area (Å²) in [4.78, 5) is 11.9. The van der Waals surface area contributed by atoms with Crippen molar-refractivity contribution in [3.63, 3.8) is 0 Å². The van der Waals surface area contributed by atoms with E-state index >= 15 is 0 Å². The average molecular weight is 341 g/mol. The molecule has 0 aromatic heterocycles. The van der Waals surface area contributed by atoms with Gasteiger partial charge in [-0.3, -0.25) is 4.79 Å². The van der Waals surface area contributed by atoms with Gasteiger partial charge in [0.1, 0.15) is 0 Å². The molecule has 1 unspecified atom stereocenters. The predicted molar refractivity (Wildman–Crippen MR) is 102 cm³/mol. The molecule has 0 bridgehead atoms. The first-order valence-electron chi connectivity index (χ1n) is 8.56. The first-order valence-corrected chi connectivity index (χ1v) is 11.5. The molecule has 2 nitrogen and oxygen atoms in total. The van der Waals surface area contributed by atoms with Crippen LogP contribution in [0.3, 0.4) is 0 Å². The van der Waals surface area contributed by atoms with Gasteiger partial charge in [0.15, 0.2) is 8.32 Å². The topological polar surface area (TPSA) is 26.3 Å². The molecule has 1 atom stereocenters. The minimum atomic E-state index is -1.83. The molecule has 0 aromatic rings. The summed E-state index contributed by atoms with van der Waals surface area (Å²) in [6.07, 6.45) is 5.20. The largest absolute Gasteiger partial charge is 0.410 e. The van der Waals surface area contributed by atoms with Crippen molar-refractivity contribution in [2.75, 3.05) is 0 Å². The van der Waals surface area contributed by atoms with Gasteiger partial charge in [-0.05, 0) is 55.6 Å². The van der Waals surface area contributed by atoms with E-state index in [4.69, 9.17) is 4.43 Å². The Morgan fingerprint density at radius 3 is 2.54 bits per heavy atom. The van der Waals surface area contributed by atoms with Crippen LogP contribution in [0.15, 0.2) is 23.3 Å². The Labute approximate surface area is 147 Å². The third-order valence-corrected chi connectivity index (χ3v) is 9.47. The maximum absolute atomic E-state index is 11.9. The maximum Gasteiger partial charge on any atom is 0.207 e. The van der Waals surface area contributed by atoms with Crippen LogP contribution in [-0.4, -0.2) is 20.2 Å². The highest BCUT2D eigenvalue weighted by atomic mass is 28.4. The molecule has 3 heteroatoms. The summed E-state index contributed by atoms with van der Waals surface area (Å²) in [5.41, 5.74) is 1.74. The van der Waals surface area contributed by atoms with E-state index in [9.17, 15) is 4.79 Å². The van der Waals surface area contributed by atoms with Gasteiger partial charge in [-0.25, -0.2) is 0 Å². The third kappa shape index (κ3) is 4.50. The van der Waals surface area contributed by atoms with E-state index in [2.05, 4.69) is 63.6 Å². The Kier molecular flexibility index (Phi) is 5.00. The summed E-state index contributed by atoms with van der Waals surface area (Å²) in [5, 5.41) is 0.177. The lowest BCUT2D eigenvalue weighted by Gasteiger charge is -2.38. The summed E-state index contributed by atoms with van der Waals surface area (Å²) < 4.78 is 6.51. The van der Waals surface area contributed by atoms with Crippen molar-refractivity contribution in [1.29, 1.82) is 0 Å². The molecule has 2 aliphatic rings. The molecule has 0 saturated heterocycles. The van der Waals surface area contributed by atoms with Gasteiger partial charge in [0.05, 0.1) is 6.10 Å². The fraction of sp³-hybridized carbons (Fsp3) is 0.571. The number of carbonyl (C=O) groups is 1. The second kappa shape index (κ2) is 6.39. The first-order chi connectivity index (χ1) is 10.9. The van der Waals surface area contributed by atoms with Crippen molar-refractivity contribution in [2.24, 2.45) is 5.41 Å². The number of hydrogen-bond acceptors (Lipinski definition) is 2. The first kappa shape index (κ1) is 18.8. The van der Waals surface area contributed by atoms with Crippen LogP contribution in [0.1, 0.15) is 47.5 Å². The maximum atomic E-state index is 11.9. The van der Waals surface area contributed by atoms with Crippen molar-refractivity contribution in [3.05, 3.63) is 23.3 Å². The van der Waals surface area contributed by atoms with Crippen LogP contribution >= 0.6 is 0 Å². The molecule has 0 fully saturated rings. The van der Waals surface area contributed by atoms with Gasteiger partial charge >= 0.3 is 0 Å². The molecule has 0 spiro atoms. The fourth-order valence-electron chi connectivity index (χ4n) is 2.50. The van der Waals surface area contributed by atoms with E-state index in [1.807, 2.05) is 19.9 Å². The van der Waals surface area contributed by atoms with Crippen LogP contribution in [0.2, 0.25) is 18.1 Å². The van der Waals surface area contributed by atoms with Gasteiger partial charge in [0.2, 0.25) is 5.78 Å². The Balaban J connectivity index is 2.32. The predicted octanol–water partition coefficient (Wildman–Crippen LogP) is 4.64. The van der Waals surface area contributed by atoms with Crippen molar-refractivity contribution in [3.8, 4) is 23.7 Å². The zero-order chi connectivity index (χ0) is 18.2. The third-order valence-electron chi connectivity index (χ3n) is 4.97. The molecular weight excluding hydrogens is 312 g/mol. The molecule has 2 rings (SSSR count). The average Bonchev–Trinajstić information content (AvgIpc) is 2.75. The molecule has 24 heavy (non-hydrogen) atoms. The number of Topliss-reactive ketones (excluding diaryl/α,β-unsaturated/α-hetero) is 1. The summed E-state index contributed by atoms with van der Waals surface area (Å²) in [6, 6.07) is 0. The van der Waals surface area contributed by atoms with Gasteiger partial charge < -0.3 is 4.43 Å². The number of carbonyl (C=O) groups excluding carboxylic acids is 1. The van der Waals surface area contributed by atoms with Crippen LogP contribution in [0.5, 0.6) is 0 Å². The van der Waals surface area contributed by atoms with Crippen molar-refractivity contribution in [2.45, 2.75) is 71.7 Å². The normalized spacial score (nSPS) is 25.3. The van der Waals surface area contributed by atoms with Crippen molar-refractivity contribution < 1.29 is 9.22 Å². The molecule has 0 saturated carbocycles. The molecule has 0 N–H and O–H groups in total. The van der Waals surface area contributed by atoms with Crippen LogP contribution < -0.4 is 0 Å². The monoisotopic (exact) mass is 340 g/mol. The van der Waals surface area contributed by atoms with E-state index in [0.29, 0.717) is 6.42 Å². The molecule has 0 aromatic carbocycles. The van der Waals surface area contributed by atoms with Gasteiger partial charge in [0.25, 0.3) is 0 Å². The highest BCUT2D eigenvalue weighted by molar-refractivity contribution is 6.74. The van der Waals surface area contributed by atoms with Gasteiger partial charge in [0, 0.05) is 23.8 Å². The second-order valence-electron chi connectivity index (χ2n) is 8.87. The lowest BCUT2D eigenvalue weighted by atomic mass is 9.87. The molecule has 0 amide bonds. The minimum Gasteiger partial charge on any atom is -0.410 e. The fourth-order valence-corrected chi connectivity index (χ4v) is 3.76. The number of fused-ring (bicyclic) bond motifs is 1. The molecular formula is C21H28O2Si. The molecule has 2 aliphatic carbocycles. The van der Waals surface area contributed by atoms with Gasteiger partial charge in [-0.1, -0.05) is 38.5 Å². The van der Waals surface area contributed by atoms with Gasteiger partial charge in [-0.2, -0.15) is 0 Å². The molecule has 0 radical (unpaired) electrons. The highest BCUT2D eigenvalue weighted by Crippen LogP contribution is 2.40. The van der Waals surface area contributed by atoms with E-state index in [-0.39, 0.29) is 22.3 Å². The van der Waals surface area contributed by atoms with Crippen molar-refractivity contribution >= 4 is 14.1 Å². The second-order valence-corrected chi connectivity index (χ2v) is 13.6. The van der Waals surface area contributed by atoms with E-state index in [0.717, 1.165) is 17.6 Å². The lowest BCUT2D eigenvalue weighted by molar-refractivity contribution is -0.115. The van der Waals surface area contributed by atoms with E-state index < -0.39 is 8.32 Å². The molecule has 0 heterocycles. The SMILES string of the molecule is CC1(C)C#CC2=CC(O[Si](C)(C)C(C)(C)C)C/C2=C/C#CC(=O)C1. The molecule has 0 aliphatic heterocycles. The Morgan fingerprint density at radius 2 is 1.92 bits per heavy atom. The molecule has 128 valence electrons. The number of ketones is 1. The number of hydrogen-bond donors (Lipinski definition) is 0. The van der Waals surface area contributed by atoms with E-state index in [1.165, 1.54) is 0 Å². The Hall–Kier alpha value is -1.55. The summed E-state index contributed by atoms with van der Waals surface area (Å²) in [7, 11) is -1.83. The minimum absolute atomic E-state index is 0.0503. The Morgan fingerprint density at radius 1 is 1.25 bits per heavy atom. The zero-order valence-electron chi connectivity index (χ0n) is 16.0. The van der Waals surface area contributed by atoms with Crippen LogP contribution in [0.4, 0.5) is 0 Å². The summed E-state index contributed by atoms with van der Waals surface area (Å²) in [5.74, 6) is 12.1. The van der Waals surface area contributed by atoms with Crippen LogP contribution in [0.25, 0.3) is 0 Å². The summed E-state index contributed by atoms with van der Waals surface area (Å²) in [6.45, 7) is 15.3. The quantitative estimate of drug-likeness (QED) is 0.416.